The van der Waals surface area contributed by atoms with Crippen LogP contribution in [0.15, 0.2) is 91.0 Å². The van der Waals surface area contributed by atoms with Crippen molar-refractivity contribution in [3.8, 4) is 17.2 Å². The van der Waals surface area contributed by atoms with Crippen molar-refractivity contribution in [3.63, 3.8) is 0 Å². The molecule has 0 amide bonds. The molecule has 0 bridgehead atoms. The Morgan fingerprint density at radius 3 is 1.77 bits per heavy atom. The third-order valence-electron chi connectivity index (χ3n) is 4.71. The first-order chi connectivity index (χ1) is 14.6. The largest absolute Gasteiger partial charge is 0.489 e. The van der Waals surface area contributed by atoms with Crippen LogP contribution in [0.1, 0.15) is 6.92 Å². The SMILES string of the molecule is C=C(C)C(=O)OCCOc1c2ccccc2c(Oc2ccccc2)c2ccccc12. The second-order valence-electron chi connectivity index (χ2n) is 6.93. The molecule has 0 N–H and O–H groups in total. The minimum absolute atomic E-state index is 0.149. The van der Waals surface area contributed by atoms with Crippen LogP contribution >= 0.6 is 0 Å². The average molecular weight is 398 g/mol. The number of benzene rings is 4. The Morgan fingerprint density at radius 1 is 0.733 bits per heavy atom. The van der Waals surface area contributed by atoms with Crippen molar-refractivity contribution >= 4 is 27.5 Å². The Morgan fingerprint density at radius 2 is 1.23 bits per heavy atom. The Kier molecular flexibility index (Phi) is 5.66. The molecule has 150 valence electrons. The fraction of sp³-hybridized carbons (Fsp3) is 0.115. The van der Waals surface area contributed by atoms with Crippen LogP contribution < -0.4 is 9.47 Å². The first-order valence-electron chi connectivity index (χ1n) is 9.77. The van der Waals surface area contributed by atoms with Gasteiger partial charge in [-0.15, -0.1) is 0 Å². The molecule has 0 unspecified atom stereocenters. The lowest BCUT2D eigenvalue weighted by Gasteiger charge is -2.17. The first-order valence-corrected chi connectivity index (χ1v) is 9.77. The Bertz CT molecular complexity index is 1150. The summed E-state index contributed by atoms with van der Waals surface area (Å²) >= 11 is 0. The molecule has 0 aromatic heterocycles. The highest BCUT2D eigenvalue weighted by atomic mass is 16.6. The summed E-state index contributed by atoms with van der Waals surface area (Å²) in [5.41, 5.74) is 0.369. The van der Waals surface area contributed by atoms with Crippen LogP contribution in [0.5, 0.6) is 17.2 Å². The fourth-order valence-electron chi connectivity index (χ4n) is 3.32. The highest BCUT2D eigenvalue weighted by Gasteiger charge is 2.16. The molecular formula is C26H22O4. The summed E-state index contributed by atoms with van der Waals surface area (Å²) in [6.07, 6.45) is 0. The summed E-state index contributed by atoms with van der Waals surface area (Å²) in [5, 5.41) is 3.78. The molecule has 4 aromatic rings. The summed E-state index contributed by atoms with van der Waals surface area (Å²) in [6.45, 7) is 5.60. The van der Waals surface area contributed by atoms with E-state index in [0.29, 0.717) is 5.57 Å². The molecule has 0 aliphatic heterocycles. The van der Waals surface area contributed by atoms with E-state index in [1.54, 1.807) is 6.92 Å². The quantitative estimate of drug-likeness (QED) is 0.159. The number of para-hydroxylation sites is 1. The highest BCUT2D eigenvalue weighted by molar-refractivity contribution is 6.11. The number of hydrogen-bond acceptors (Lipinski definition) is 4. The second kappa shape index (κ2) is 8.70. The van der Waals surface area contributed by atoms with Gasteiger partial charge in [-0.1, -0.05) is 73.3 Å². The maximum Gasteiger partial charge on any atom is 0.333 e. The van der Waals surface area contributed by atoms with Gasteiger partial charge in [0.2, 0.25) is 0 Å². The summed E-state index contributed by atoms with van der Waals surface area (Å²) in [4.78, 5) is 11.6. The van der Waals surface area contributed by atoms with E-state index in [1.165, 1.54) is 0 Å². The van der Waals surface area contributed by atoms with E-state index in [2.05, 4.69) is 6.58 Å². The van der Waals surface area contributed by atoms with Crippen LogP contribution in [0.4, 0.5) is 0 Å². The number of carbonyl (C=O) groups is 1. The summed E-state index contributed by atoms with van der Waals surface area (Å²) in [5.74, 6) is 1.88. The monoisotopic (exact) mass is 398 g/mol. The predicted octanol–water partition coefficient (Wildman–Crippen LogP) is 6.28. The standard InChI is InChI=1S/C26H22O4/c1-18(2)26(27)29-17-16-28-24-20-12-6-8-14-22(20)25(23-15-9-7-13-21(23)24)30-19-10-4-3-5-11-19/h3-15H,1,16-17H2,2H3. The van der Waals surface area contributed by atoms with Crippen molar-refractivity contribution in [2.75, 3.05) is 13.2 Å². The van der Waals surface area contributed by atoms with Crippen molar-refractivity contribution in [1.82, 2.24) is 0 Å². The number of hydrogen-bond donors (Lipinski definition) is 0. The van der Waals surface area contributed by atoms with E-state index in [-0.39, 0.29) is 13.2 Å². The van der Waals surface area contributed by atoms with Crippen molar-refractivity contribution in [1.29, 1.82) is 0 Å². The number of carbonyl (C=O) groups excluding carboxylic acids is 1. The van der Waals surface area contributed by atoms with Gasteiger partial charge in [-0.05, 0) is 19.1 Å². The molecule has 0 radical (unpaired) electrons. The number of esters is 1. The topological polar surface area (TPSA) is 44.8 Å². The Hall–Kier alpha value is -3.79. The van der Waals surface area contributed by atoms with E-state index < -0.39 is 5.97 Å². The zero-order valence-corrected chi connectivity index (χ0v) is 16.8. The molecule has 4 heteroatoms. The highest BCUT2D eigenvalue weighted by Crippen LogP contribution is 2.44. The molecular weight excluding hydrogens is 376 g/mol. The minimum atomic E-state index is -0.417. The molecule has 0 aliphatic rings. The number of ether oxygens (including phenoxy) is 3. The van der Waals surface area contributed by atoms with Crippen LogP contribution in [0, 0.1) is 0 Å². The van der Waals surface area contributed by atoms with Gasteiger partial charge in [-0.3, -0.25) is 0 Å². The van der Waals surface area contributed by atoms with Gasteiger partial charge in [0.25, 0.3) is 0 Å². The third kappa shape index (κ3) is 3.98. The lowest BCUT2D eigenvalue weighted by Crippen LogP contribution is -2.12. The van der Waals surface area contributed by atoms with E-state index in [0.717, 1.165) is 38.8 Å². The summed E-state index contributed by atoms with van der Waals surface area (Å²) in [6, 6.07) is 25.7. The van der Waals surface area contributed by atoms with Gasteiger partial charge in [0.1, 0.15) is 30.5 Å². The molecule has 30 heavy (non-hydrogen) atoms. The maximum atomic E-state index is 11.6. The molecule has 4 nitrogen and oxygen atoms in total. The maximum absolute atomic E-state index is 11.6. The normalized spacial score (nSPS) is 10.7. The first kappa shape index (κ1) is 19.5. The Labute approximate surface area is 175 Å². The molecule has 0 saturated heterocycles. The lowest BCUT2D eigenvalue weighted by atomic mass is 10.0. The van der Waals surface area contributed by atoms with Gasteiger partial charge in [-0.2, -0.15) is 0 Å². The average Bonchev–Trinajstić information content (AvgIpc) is 2.78. The van der Waals surface area contributed by atoms with Crippen molar-refractivity contribution in [2.45, 2.75) is 6.92 Å². The van der Waals surface area contributed by atoms with E-state index >= 15 is 0 Å². The van der Waals surface area contributed by atoms with Crippen molar-refractivity contribution < 1.29 is 19.0 Å². The van der Waals surface area contributed by atoms with Crippen LogP contribution in [-0.2, 0) is 9.53 Å². The molecule has 0 spiro atoms. The summed E-state index contributed by atoms with van der Waals surface area (Å²) < 4.78 is 17.6. The fourth-order valence-corrected chi connectivity index (χ4v) is 3.32. The third-order valence-corrected chi connectivity index (χ3v) is 4.71. The molecule has 4 rings (SSSR count). The van der Waals surface area contributed by atoms with Crippen LogP contribution in [0.25, 0.3) is 21.5 Å². The molecule has 4 aromatic carbocycles. The zero-order chi connectivity index (χ0) is 20.9. The van der Waals surface area contributed by atoms with Crippen LogP contribution in [0.2, 0.25) is 0 Å². The molecule has 0 aliphatic carbocycles. The molecule has 0 atom stereocenters. The van der Waals surface area contributed by atoms with Gasteiger partial charge >= 0.3 is 5.97 Å². The molecule has 0 saturated carbocycles. The lowest BCUT2D eigenvalue weighted by molar-refractivity contribution is -0.139. The van der Waals surface area contributed by atoms with Crippen molar-refractivity contribution in [3.05, 3.63) is 91.0 Å². The zero-order valence-electron chi connectivity index (χ0n) is 16.8. The van der Waals surface area contributed by atoms with E-state index in [4.69, 9.17) is 14.2 Å². The summed E-state index contributed by atoms with van der Waals surface area (Å²) in [7, 11) is 0. The van der Waals surface area contributed by atoms with Crippen molar-refractivity contribution in [2.24, 2.45) is 0 Å². The smallest absolute Gasteiger partial charge is 0.333 e. The Balaban J connectivity index is 1.75. The van der Waals surface area contributed by atoms with E-state index in [1.807, 2.05) is 78.9 Å². The second-order valence-corrected chi connectivity index (χ2v) is 6.93. The van der Waals surface area contributed by atoms with Gasteiger partial charge in [0.15, 0.2) is 0 Å². The molecule has 0 heterocycles. The number of fused-ring (bicyclic) bond motifs is 2. The van der Waals surface area contributed by atoms with Gasteiger partial charge in [0.05, 0.1) is 0 Å². The van der Waals surface area contributed by atoms with E-state index in [9.17, 15) is 4.79 Å². The van der Waals surface area contributed by atoms with Crippen LogP contribution in [0.3, 0.4) is 0 Å². The van der Waals surface area contributed by atoms with Gasteiger partial charge < -0.3 is 14.2 Å². The molecule has 0 fully saturated rings. The number of rotatable bonds is 7. The predicted molar refractivity (Wildman–Crippen MR) is 119 cm³/mol. The minimum Gasteiger partial charge on any atom is -0.489 e. The van der Waals surface area contributed by atoms with Crippen LogP contribution in [-0.4, -0.2) is 19.2 Å². The van der Waals surface area contributed by atoms with Gasteiger partial charge in [0, 0.05) is 27.1 Å². The van der Waals surface area contributed by atoms with Gasteiger partial charge in [-0.25, -0.2) is 4.79 Å².